The third-order valence-corrected chi connectivity index (χ3v) is 4.44. The highest BCUT2D eigenvalue weighted by molar-refractivity contribution is 5.41. The lowest BCUT2D eigenvalue weighted by molar-refractivity contribution is 0.0628. The monoisotopic (exact) mass is 278 g/mol. The van der Waals surface area contributed by atoms with E-state index in [0.29, 0.717) is 17.5 Å². The Bertz CT molecular complexity index is 450. The molecule has 1 N–H and O–H groups in total. The highest BCUT2D eigenvalue weighted by Crippen LogP contribution is 2.32. The van der Waals surface area contributed by atoms with Crippen molar-refractivity contribution in [2.45, 2.75) is 32.9 Å². The normalized spacial score (nSPS) is 22.7. The van der Waals surface area contributed by atoms with Crippen LogP contribution < -0.4 is 4.74 Å². The third-order valence-electron chi connectivity index (χ3n) is 4.44. The third kappa shape index (κ3) is 3.07. The zero-order valence-electron chi connectivity index (χ0n) is 13.0. The molecule has 2 atom stereocenters. The Labute approximate surface area is 122 Å². The number of hydrogen-bond donors (Lipinski definition) is 1. The average molecular weight is 278 g/mol. The van der Waals surface area contributed by atoms with E-state index in [1.54, 1.807) is 13.2 Å². The summed E-state index contributed by atoms with van der Waals surface area (Å²) in [5, 5.41) is 10.2. The molecule has 112 valence electrons. The lowest BCUT2D eigenvalue weighted by Crippen LogP contribution is -2.52. The van der Waals surface area contributed by atoms with Crippen LogP contribution in [0.5, 0.6) is 11.5 Å². The van der Waals surface area contributed by atoms with Gasteiger partial charge in [-0.05, 0) is 26.5 Å². The summed E-state index contributed by atoms with van der Waals surface area (Å²) in [7, 11) is 1.61. The number of aromatic hydroxyl groups is 1. The number of piperazine rings is 1. The Hall–Kier alpha value is -1.26. The second-order valence-corrected chi connectivity index (χ2v) is 5.57. The molecule has 0 amide bonds. The molecule has 2 unspecified atom stereocenters. The predicted octanol–water partition coefficient (Wildman–Crippen LogP) is 2.49. The molecule has 0 saturated carbocycles. The summed E-state index contributed by atoms with van der Waals surface area (Å²) in [6.45, 7) is 10.9. The maximum Gasteiger partial charge on any atom is 0.124 e. The summed E-state index contributed by atoms with van der Waals surface area (Å²) in [6, 6.07) is 6.36. The standard InChI is InChI=1S/C16H26N2O2/c1-5-17-8-9-18(11-12(17)2)13(3)15-7-6-14(20-4)10-16(15)19/h6-7,10,12-13,19H,5,8-9,11H2,1-4H3. The first-order chi connectivity index (χ1) is 9.56. The van der Waals surface area contributed by atoms with Crippen molar-refractivity contribution >= 4 is 0 Å². The van der Waals surface area contributed by atoms with E-state index in [1.165, 1.54) is 0 Å². The van der Waals surface area contributed by atoms with E-state index in [4.69, 9.17) is 4.74 Å². The van der Waals surface area contributed by atoms with Crippen LogP contribution in [-0.4, -0.2) is 54.2 Å². The summed E-state index contributed by atoms with van der Waals surface area (Å²) < 4.78 is 5.14. The smallest absolute Gasteiger partial charge is 0.124 e. The van der Waals surface area contributed by atoms with Crippen molar-refractivity contribution in [1.29, 1.82) is 0 Å². The quantitative estimate of drug-likeness (QED) is 0.918. The number of hydrogen-bond acceptors (Lipinski definition) is 4. The van der Waals surface area contributed by atoms with Crippen LogP contribution in [0.4, 0.5) is 0 Å². The van der Waals surface area contributed by atoms with E-state index in [2.05, 4.69) is 30.6 Å². The van der Waals surface area contributed by atoms with Crippen molar-refractivity contribution in [3.8, 4) is 11.5 Å². The number of phenols is 1. The summed E-state index contributed by atoms with van der Waals surface area (Å²) in [6.07, 6.45) is 0. The van der Waals surface area contributed by atoms with Crippen LogP contribution in [0.1, 0.15) is 32.4 Å². The van der Waals surface area contributed by atoms with Crippen molar-refractivity contribution < 1.29 is 9.84 Å². The van der Waals surface area contributed by atoms with E-state index in [1.807, 2.05) is 12.1 Å². The van der Waals surface area contributed by atoms with Gasteiger partial charge in [-0.3, -0.25) is 9.80 Å². The van der Waals surface area contributed by atoms with Gasteiger partial charge in [-0.1, -0.05) is 13.0 Å². The Morgan fingerprint density at radius 2 is 2.15 bits per heavy atom. The van der Waals surface area contributed by atoms with Gasteiger partial charge in [0, 0.05) is 43.3 Å². The van der Waals surface area contributed by atoms with Gasteiger partial charge in [-0.2, -0.15) is 0 Å². The van der Waals surface area contributed by atoms with Crippen molar-refractivity contribution in [2.24, 2.45) is 0 Å². The number of ether oxygens (including phenoxy) is 1. The molecule has 20 heavy (non-hydrogen) atoms. The molecule has 1 fully saturated rings. The van der Waals surface area contributed by atoms with Gasteiger partial charge in [-0.25, -0.2) is 0 Å². The highest BCUT2D eigenvalue weighted by Gasteiger charge is 2.27. The number of likely N-dealkylation sites (N-methyl/N-ethyl adjacent to an activating group) is 1. The number of methoxy groups -OCH3 is 1. The van der Waals surface area contributed by atoms with Gasteiger partial charge in [0.15, 0.2) is 0 Å². The van der Waals surface area contributed by atoms with Gasteiger partial charge in [0.25, 0.3) is 0 Å². The van der Waals surface area contributed by atoms with Gasteiger partial charge in [0.05, 0.1) is 7.11 Å². The van der Waals surface area contributed by atoms with Gasteiger partial charge in [-0.15, -0.1) is 0 Å². The van der Waals surface area contributed by atoms with Gasteiger partial charge >= 0.3 is 0 Å². The van der Waals surface area contributed by atoms with Crippen molar-refractivity contribution in [3.63, 3.8) is 0 Å². The first kappa shape index (κ1) is 15.1. The molecule has 1 aromatic rings. The molecule has 4 heteroatoms. The molecule has 0 spiro atoms. The van der Waals surface area contributed by atoms with Crippen molar-refractivity contribution in [3.05, 3.63) is 23.8 Å². The predicted molar refractivity (Wildman–Crippen MR) is 81.4 cm³/mol. The van der Waals surface area contributed by atoms with Crippen LogP contribution in [0.3, 0.4) is 0 Å². The molecule has 0 aromatic heterocycles. The minimum absolute atomic E-state index is 0.224. The van der Waals surface area contributed by atoms with Gasteiger partial charge < -0.3 is 9.84 Å². The Balaban J connectivity index is 2.10. The zero-order valence-corrected chi connectivity index (χ0v) is 13.0. The molecule has 1 aliphatic heterocycles. The fourth-order valence-corrected chi connectivity index (χ4v) is 3.05. The van der Waals surface area contributed by atoms with Crippen LogP contribution >= 0.6 is 0 Å². The van der Waals surface area contributed by atoms with E-state index in [0.717, 1.165) is 31.7 Å². The van der Waals surface area contributed by atoms with Crippen LogP contribution in [-0.2, 0) is 0 Å². The van der Waals surface area contributed by atoms with E-state index in [-0.39, 0.29) is 6.04 Å². The lowest BCUT2D eigenvalue weighted by atomic mass is 10.0. The summed E-state index contributed by atoms with van der Waals surface area (Å²) in [5.74, 6) is 1.02. The summed E-state index contributed by atoms with van der Waals surface area (Å²) >= 11 is 0. The Morgan fingerprint density at radius 3 is 2.70 bits per heavy atom. The molecule has 0 aliphatic carbocycles. The number of rotatable bonds is 4. The fraction of sp³-hybridized carbons (Fsp3) is 0.625. The number of benzene rings is 1. The molecule has 1 aromatic carbocycles. The first-order valence-corrected chi connectivity index (χ1v) is 7.41. The second-order valence-electron chi connectivity index (χ2n) is 5.57. The molecule has 1 heterocycles. The molecule has 2 rings (SSSR count). The molecule has 0 radical (unpaired) electrons. The van der Waals surface area contributed by atoms with E-state index in [9.17, 15) is 5.11 Å². The fourth-order valence-electron chi connectivity index (χ4n) is 3.05. The number of phenolic OH excluding ortho intramolecular Hbond substituents is 1. The van der Waals surface area contributed by atoms with E-state index < -0.39 is 0 Å². The van der Waals surface area contributed by atoms with Crippen LogP contribution in [0.15, 0.2) is 18.2 Å². The summed E-state index contributed by atoms with van der Waals surface area (Å²) in [4.78, 5) is 4.94. The average Bonchev–Trinajstić information content (AvgIpc) is 2.46. The maximum atomic E-state index is 10.2. The minimum Gasteiger partial charge on any atom is -0.507 e. The lowest BCUT2D eigenvalue weighted by Gasteiger charge is -2.42. The SMILES string of the molecule is CCN1CCN(C(C)c2ccc(OC)cc2O)CC1C. The maximum absolute atomic E-state index is 10.2. The Morgan fingerprint density at radius 1 is 1.40 bits per heavy atom. The topological polar surface area (TPSA) is 35.9 Å². The van der Waals surface area contributed by atoms with Crippen LogP contribution in [0.2, 0.25) is 0 Å². The molecule has 4 nitrogen and oxygen atoms in total. The second kappa shape index (κ2) is 6.46. The molecule has 1 aliphatic rings. The molecular weight excluding hydrogens is 252 g/mol. The van der Waals surface area contributed by atoms with Crippen molar-refractivity contribution in [1.82, 2.24) is 9.80 Å². The minimum atomic E-state index is 0.224. The molecule has 1 saturated heterocycles. The number of nitrogens with zero attached hydrogens (tertiary/aromatic N) is 2. The molecule has 0 bridgehead atoms. The first-order valence-electron chi connectivity index (χ1n) is 7.41. The largest absolute Gasteiger partial charge is 0.507 e. The van der Waals surface area contributed by atoms with Crippen molar-refractivity contribution in [2.75, 3.05) is 33.3 Å². The molecular formula is C16H26N2O2. The van der Waals surface area contributed by atoms with Crippen LogP contribution in [0.25, 0.3) is 0 Å². The highest BCUT2D eigenvalue weighted by atomic mass is 16.5. The van der Waals surface area contributed by atoms with Gasteiger partial charge in [0.2, 0.25) is 0 Å². The Kier molecular flexibility index (Phi) is 4.89. The van der Waals surface area contributed by atoms with E-state index >= 15 is 0 Å². The zero-order chi connectivity index (χ0) is 14.7. The summed E-state index contributed by atoms with van der Waals surface area (Å²) in [5.41, 5.74) is 0.975. The van der Waals surface area contributed by atoms with Gasteiger partial charge in [0.1, 0.15) is 11.5 Å². The van der Waals surface area contributed by atoms with Crippen LogP contribution in [0, 0.1) is 0 Å².